The van der Waals surface area contributed by atoms with Crippen molar-refractivity contribution in [2.75, 3.05) is 20.8 Å². The van der Waals surface area contributed by atoms with Crippen molar-refractivity contribution in [3.05, 3.63) is 140 Å². The van der Waals surface area contributed by atoms with Crippen LogP contribution in [0.5, 0.6) is 6.01 Å². The number of aromatic nitrogens is 6. The van der Waals surface area contributed by atoms with Crippen LogP contribution in [0.15, 0.2) is 114 Å². The number of aromatic carboxylic acids is 1. The van der Waals surface area contributed by atoms with E-state index in [2.05, 4.69) is 30.9 Å². The number of carboxylic acids is 1. The van der Waals surface area contributed by atoms with E-state index in [9.17, 15) is 29.6 Å². The molecule has 0 saturated carbocycles. The van der Waals surface area contributed by atoms with E-state index in [0.717, 1.165) is 22.3 Å². The molecule has 0 fully saturated rings. The second-order valence-electron chi connectivity index (χ2n) is 12.8. The van der Waals surface area contributed by atoms with E-state index >= 15 is 0 Å². The molecule has 4 aromatic carbocycles. The van der Waals surface area contributed by atoms with Crippen molar-refractivity contribution in [2.24, 2.45) is 0 Å². The lowest BCUT2D eigenvalue weighted by Crippen LogP contribution is -2.32. The molecule has 0 spiro atoms. The Balaban J connectivity index is 0.000000204. The Morgan fingerprint density at radius 3 is 2.09 bits per heavy atom. The zero-order valence-corrected chi connectivity index (χ0v) is 32.0. The van der Waals surface area contributed by atoms with Gasteiger partial charge in [0.1, 0.15) is 0 Å². The molecule has 7 rings (SSSR count). The zero-order valence-electron chi connectivity index (χ0n) is 32.0. The number of imidazole rings is 1. The molecule has 0 aliphatic carbocycles. The highest BCUT2D eigenvalue weighted by molar-refractivity contribution is 6.02. The fourth-order valence-corrected chi connectivity index (χ4v) is 6.86. The number of benzene rings is 4. The van der Waals surface area contributed by atoms with Crippen molar-refractivity contribution in [3.8, 4) is 28.5 Å². The van der Waals surface area contributed by atoms with Crippen LogP contribution in [0.1, 0.15) is 48.2 Å². The Morgan fingerprint density at radius 1 is 0.862 bits per heavy atom. The Morgan fingerprint density at radius 2 is 1.50 bits per heavy atom. The summed E-state index contributed by atoms with van der Waals surface area (Å²) in [6, 6.07) is 27.3. The molecule has 6 aromatic rings. The average Bonchev–Trinajstić information content (AvgIpc) is 3.89. The highest BCUT2D eigenvalue weighted by Gasteiger charge is 2.40. The van der Waals surface area contributed by atoms with E-state index < -0.39 is 28.7 Å². The predicted molar refractivity (Wildman–Crippen MR) is 210 cm³/mol. The third-order valence-corrected chi connectivity index (χ3v) is 9.37. The number of nitro groups is 1. The van der Waals surface area contributed by atoms with Crippen molar-refractivity contribution in [1.82, 2.24) is 35.5 Å². The number of methoxy groups -OCH3 is 2. The van der Waals surface area contributed by atoms with Crippen LogP contribution in [0.2, 0.25) is 0 Å². The first-order chi connectivity index (χ1) is 28.0. The number of fused-ring (bicyclic) bond motifs is 1. The van der Waals surface area contributed by atoms with Crippen LogP contribution in [0, 0.1) is 10.1 Å². The number of dihydropyridines is 1. The lowest BCUT2D eigenvalue weighted by atomic mass is 9.79. The minimum Gasteiger partial charge on any atom is -0.478 e. The number of ether oxygens (including phenoxy) is 3. The van der Waals surface area contributed by atoms with Crippen molar-refractivity contribution in [1.29, 1.82) is 0 Å². The number of para-hydroxylation sites is 2. The largest absolute Gasteiger partial charge is 0.478 e. The van der Waals surface area contributed by atoms with Crippen LogP contribution in [-0.4, -0.2) is 78.9 Å². The smallest absolute Gasteiger partial charge is 0.337 e. The fraction of sp³-hybridized carbons (Fsp3) is 0.195. The summed E-state index contributed by atoms with van der Waals surface area (Å²) < 4.78 is 17.2. The lowest BCUT2D eigenvalue weighted by Gasteiger charge is -2.29. The van der Waals surface area contributed by atoms with E-state index in [1.165, 1.54) is 32.4 Å². The number of esters is 2. The molecule has 0 saturated heterocycles. The van der Waals surface area contributed by atoms with E-state index in [0.29, 0.717) is 47.4 Å². The highest BCUT2D eigenvalue weighted by atomic mass is 16.6. The summed E-state index contributed by atoms with van der Waals surface area (Å²) in [5.74, 6) is -2.80. The number of rotatable bonds is 11. The Labute approximate surface area is 331 Å². The van der Waals surface area contributed by atoms with Gasteiger partial charge in [-0.25, -0.2) is 14.4 Å². The van der Waals surface area contributed by atoms with Crippen molar-refractivity contribution in [3.63, 3.8) is 0 Å². The van der Waals surface area contributed by atoms with Gasteiger partial charge < -0.3 is 24.6 Å². The Kier molecular flexibility index (Phi) is 12.0. The molecule has 0 unspecified atom stereocenters. The molecule has 17 heteroatoms. The van der Waals surface area contributed by atoms with E-state index in [1.54, 1.807) is 38.1 Å². The second kappa shape index (κ2) is 17.4. The number of nitrogens with one attached hydrogen (secondary N) is 2. The molecule has 0 bridgehead atoms. The summed E-state index contributed by atoms with van der Waals surface area (Å²) in [5, 5.41) is 38.4. The number of carbonyl (C=O) groups excluding carboxylic acids is 2. The maximum absolute atomic E-state index is 12.3. The van der Waals surface area contributed by atoms with E-state index in [4.69, 9.17) is 14.2 Å². The molecule has 58 heavy (non-hydrogen) atoms. The van der Waals surface area contributed by atoms with Crippen molar-refractivity contribution >= 4 is 34.6 Å². The SMILES string of the molecule is CCOc1nc2cccc(C(=O)O)c2n1Cc1ccc(-c2ccccc2-c2nn[nH]n2)cc1.COC(=O)C1=C(C)NC(C)=C(C(=O)OC)C1c1ccccc1[N+](=O)[O-]. The third-order valence-electron chi connectivity index (χ3n) is 9.37. The normalized spacial score (nSPS) is 12.7. The van der Waals surface area contributed by atoms with Gasteiger partial charge in [-0.15, -0.1) is 10.2 Å². The first-order valence-corrected chi connectivity index (χ1v) is 17.8. The summed E-state index contributed by atoms with van der Waals surface area (Å²) in [6.45, 7) is 6.01. The molecule has 296 valence electrons. The lowest BCUT2D eigenvalue weighted by molar-refractivity contribution is -0.385. The minimum absolute atomic E-state index is 0.128. The third kappa shape index (κ3) is 7.99. The minimum atomic E-state index is -1.00. The Bertz CT molecular complexity index is 2540. The van der Waals surface area contributed by atoms with Gasteiger partial charge in [-0.05, 0) is 54.8 Å². The van der Waals surface area contributed by atoms with Gasteiger partial charge >= 0.3 is 17.9 Å². The molecular weight excluding hydrogens is 748 g/mol. The van der Waals surface area contributed by atoms with E-state index in [1.807, 2.05) is 60.0 Å². The summed E-state index contributed by atoms with van der Waals surface area (Å²) in [4.78, 5) is 51.9. The second-order valence-corrected chi connectivity index (χ2v) is 12.8. The van der Waals surface area contributed by atoms with Crippen LogP contribution in [0.4, 0.5) is 5.69 Å². The molecule has 2 aromatic heterocycles. The van der Waals surface area contributed by atoms with Crippen LogP contribution in [-0.2, 0) is 25.6 Å². The summed E-state index contributed by atoms with van der Waals surface area (Å²) in [5.41, 5.74) is 6.37. The zero-order chi connectivity index (χ0) is 41.5. The van der Waals surface area contributed by atoms with Crippen LogP contribution < -0.4 is 10.1 Å². The molecule has 0 atom stereocenters. The van der Waals surface area contributed by atoms with Crippen LogP contribution in [0.3, 0.4) is 0 Å². The highest BCUT2D eigenvalue weighted by Crippen LogP contribution is 2.42. The first-order valence-electron chi connectivity index (χ1n) is 17.8. The van der Waals surface area contributed by atoms with Gasteiger partial charge in [-0.2, -0.15) is 10.2 Å². The van der Waals surface area contributed by atoms with Gasteiger partial charge in [0.25, 0.3) is 11.7 Å². The number of hydrogen-bond acceptors (Lipinski definition) is 13. The molecule has 1 aliphatic rings. The van der Waals surface area contributed by atoms with Crippen LogP contribution >= 0.6 is 0 Å². The molecule has 0 radical (unpaired) electrons. The summed E-state index contributed by atoms with van der Waals surface area (Å²) in [7, 11) is 2.42. The summed E-state index contributed by atoms with van der Waals surface area (Å²) in [6.07, 6.45) is 0. The number of aromatic amines is 1. The number of tetrazole rings is 1. The van der Waals surface area contributed by atoms with Gasteiger partial charge in [0, 0.05) is 28.6 Å². The van der Waals surface area contributed by atoms with Gasteiger partial charge in [0.2, 0.25) is 5.82 Å². The average molecular weight is 787 g/mol. The number of allylic oxidation sites excluding steroid dienone is 2. The maximum Gasteiger partial charge on any atom is 0.337 e. The maximum atomic E-state index is 12.3. The predicted octanol–water partition coefficient (Wildman–Crippen LogP) is 6.20. The van der Waals surface area contributed by atoms with Crippen LogP contribution in [0.25, 0.3) is 33.5 Å². The number of nitrogens with zero attached hydrogens (tertiary/aromatic N) is 6. The first kappa shape index (κ1) is 40.0. The number of H-pyrrole nitrogens is 1. The van der Waals surface area contributed by atoms with Gasteiger partial charge in [-0.1, -0.05) is 72.8 Å². The molecule has 3 heterocycles. The topological polar surface area (TPSA) is 227 Å². The standard InChI is InChI=1S/C24H20N6O3.C17H18N2O6/c1-2-33-24-25-20-9-5-8-19(23(31)32)21(20)30(24)14-15-10-12-16(13-11-15)17-6-3-4-7-18(17)22-26-28-29-27-22;1-9-13(16(20)24-3)15(14(10(2)18-9)17(21)25-4)11-7-5-6-8-12(11)19(22)23/h3-13H,2,14H2,1H3,(H,31,32)(H,26,27,28,29);5-8,15,18H,1-4H3. The monoisotopic (exact) mass is 786 g/mol. The summed E-state index contributed by atoms with van der Waals surface area (Å²) >= 11 is 0. The molecule has 3 N–H and O–H groups in total. The Hall–Kier alpha value is -7.69. The molecule has 17 nitrogen and oxygen atoms in total. The number of hydrogen-bond donors (Lipinski definition) is 3. The quantitative estimate of drug-likeness (QED) is 0.0755. The van der Waals surface area contributed by atoms with Gasteiger partial charge in [0.05, 0.1) is 66.0 Å². The number of carbonyl (C=O) groups is 3. The number of nitro benzene ring substituents is 1. The fourth-order valence-electron chi connectivity index (χ4n) is 6.86. The van der Waals surface area contributed by atoms with Crippen molar-refractivity contribution < 1.29 is 38.6 Å². The van der Waals surface area contributed by atoms with E-state index in [-0.39, 0.29) is 28.0 Å². The molecule has 1 aliphatic heterocycles. The molecular formula is C41H38N8O9. The van der Waals surface area contributed by atoms with Gasteiger partial charge in [-0.3, -0.25) is 14.7 Å². The van der Waals surface area contributed by atoms with Gasteiger partial charge in [0.15, 0.2) is 0 Å². The molecule has 0 amide bonds. The van der Waals surface area contributed by atoms with Crippen molar-refractivity contribution in [2.45, 2.75) is 33.2 Å². The number of carboxylic acid groups (broad SMARTS) is 1.